The minimum Gasteiger partial charge on any atom is -0.431 e. The molecule has 0 saturated carbocycles. The van der Waals surface area contributed by atoms with Crippen LogP contribution in [0.3, 0.4) is 0 Å². The number of hydrogen-bond donors (Lipinski definition) is 2. The molecule has 9 heteroatoms. The van der Waals surface area contributed by atoms with E-state index in [0.717, 1.165) is 18.2 Å². The summed E-state index contributed by atoms with van der Waals surface area (Å²) in [6.07, 6.45) is 1.42. The molecule has 0 amide bonds. The molecule has 0 aliphatic rings. The maximum absolute atomic E-state index is 13.2. The predicted molar refractivity (Wildman–Crippen MR) is 67.7 cm³/mol. The maximum Gasteiger partial charge on any atom is 0.311 e. The lowest BCUT2D eigenvalue weighted by atomic mass is 10.3. The van der Waals surface area contributed by atoms with Gasteiger partial charge in [0, 0.05) is 23.9 Å². The highest BCUT2D eigenvalue weighted by Crippen LogP contribution is 2.32. The number of nitrogens with zero attached hydrogens (tertiary/aromatic N) is 3. The van der Waals surface area contributed by atoms with Crippen molar-refractivity contribution in [3.8, 4) is 11.6 Å². The molecule has 0 aliphatic carbocycles. The number of aryl methyl sites for hydroxylation is 1. The molecule has 1 aromatic heterocycles. The van der Waals surface area contributed by atoms with Crippen LogP contribution in [0, 0.1) is 22.9 Å². The molecule has 0 radical (unpaired) electrons. The number of ether oxygens (including phenoxy) is 1. The van der Waals surface area contributed by atoms with Gasteiger partial charge in [-0.05, 0) is 13.0 Å². The van der Waals surface area contributed by atoms with Crippen molar-refractivity contribution in [3.05, 3.63) is 45.9 Å². The Bertz CT molecular complexity index is 665. The molecule has 0 atom stereocenters. The van der Waals surface area contributed by atoms with E-state index in [2.05, 4.69) is 15.4 Å². The number of aromatic nitrogens is 2. The van der Waals surface area contributed by atoms with Crippen LogP contribution in [0.2, 0.25) is 0 Å². The Kier molecular flexibility index (Phi) is 3.71. The van der Waals surface area contributed by atoms with Crippen LogP contribution in [-0.2, 0) is 0 Å². The van der Waals surface area contributed by atoms with Crippen LogP contribution in [0.5, 0.6) is 11.6 Å². The molecule has 0 spiro atoms. The minimum absolute atomic E-state index is 0.0432. The van der Waals surface area contributed by atoms with Crippen LogP contribution in [0.4, 0.5) is 16.0 Å². The molecule has 0 unspecified atom stereocenters. The fourth-order valence-corrected chi connectivity index (χ4v) is 1.42. The van der Waals surface area contributed by atoms with Crippen molar-refractivity contribution in [2.45, 2.75) is 6.92 Å². The van der Waals surface area contributed by atoms with E-state index in [-0.39, 0.29) is 23.3 Å². The van der Waals surface area contributed by atoms with Crippen molar-refractivity contribution < 1.29 is 14.1 Å². The van der Waals surface area contributed by atoms with E-state index >= 15 is 0 Å². The average molecular weight is 279 g/mol. The molecule has 0 bridgehead atoms. The lowest BCUT2D eigenvalue weighted by Crippen LogP contribution is -2.11. The number of nitro benzene ring substituents is 1. The van der Waals surface area contributed by atoms with Crippen molar-refractivity contribution >= 4 is 11.6 Å². The summed E-state index contributed by atoms with van der Waals surface area (Å²) >= 11 is 0. The third-order valence-corrected chi connectivity index (χ3v) is 2.38. The zero-order chi connectivity index (χ0) is 14.7. The number of benzene rings is 1. The van der Waals surface area contributed by atoms with E-state index in [1.54, 1.807) is 6.92 Å². The normalized spacial score (nSPS) is 10.2. The predicted octanol–water partition coefficient (Wildman–Crippen LogP) is 1.91. The summed E-state index contributed by atoms with van der Waals surface area (Å²) in [6, 6.07) is 2.91. The third kappa shape index (κ3) is 2.78. The maximum atomic E-state index is 13.2. The molecule has 104 valence electrons. The number of nitro groups is 1. The van der Waals surface area contributed by atoms with Gasteiger partial charge in [-0.15, -0.1) is 0 Å². The first-order valence-electron chi connectivity index (χ1n) is 5.43. The number of hydrazine groups is 1. The first kappa shape index (κ1) is 13.6. The smallest absolute Gasteiger partial charge is 0.311 e. The highest BCUT2D eigenvalue weighted by Gasteiger charge is 2.18. The molecule has 20 heavy (non-hydrogen) atoms. The Morgan fingerprint density at radius 3 is 2.90 bits per heavy atom. The summed E-state index contributed by atoms with van der Waals surface area (Å²) in [5, 5.41) is 10.9. The van der Waals surface area contributed by atoms with E-state index in [9.17, 15) is 14.5 Å². The minimum atomic E-state index is -0.673. The molecule has 2 aromatic rings. The molecule has 0 saturated heterocycles. The van der Waals surface area contributed by atoms with Crippen molar-refractivity contribution in [1.29, 1.82) is 0 Å². The fourth-order valence-electron chi connectivity index (χ4n) is 1.42. The first-order chi connectivity index (χ1) is 9.51. The highest BCUT2D eigenvalue weighted by molar-refractivity contribution is 5.48. The largest absolute Gasteiger partial charge is 0.431 e. The van der Waals surface area contributed by atoms with Crippen molar-refractivity contribution in [3.63, 3.8) is 0 Å². The van der Waals surface area contributed by atoms with Crippen LogP contribution in [-0.4, -0.2) is 14.9 Å². The van der Waals surface area contributed by atoms with Gasteiger partial charge in [-0.25, -0.2) is 15.2 Å². The number of nitrogens with one attached hydrogen (secondary N) is 1. The fraction of sp³-hybridized carbons (Fsp3) is 0.0909. The summed E-state index contributed by atoms with van der Waals surface area (Å²) in [4.78, 5) is 17.9. The summed E-state index contributed by atoms with van der Waals surface area (Å²) in [5.41, 5.74) is 2.37. The summed E-state index contributed by atoms with van der Waals surface area (Å²) < 4.78 is 18.5. The topological polar surface area (TPSA) is 116 Å². The van der Waals surface area contributed by atoms with Gasteiger partial charge >= 0.3 is 5.69 Å². The monoisotopic (exact) mass is 279 g/mol. The molecule has 0 aliphatic heterocycles. The highest BCUT2D eigenvalue weighted by atomic mass is 19.1. The second-order valence-corrected chi connectivity index (χ2v) is 3.80. The molecule has 2 rings (SSSR count). The Labute approximate surface area is 112 Å². The zero-order valence-electron chi connectivity index (χ0n) is 10.3. The Balaban J connectivity index is 2.43. The van der Waals surface area contributed by atoms with Crippen LogP contribution < -0.4 is 16.0 Å². The Hall–Kier alpha value is -2.81. The molecule has 8 nitrogen and oxygen atoms in total. The molecule has 1 aromatic carbocycles. The van der Waals surface area contributed by atoms with Crippen LogP contribution in [0.15, 0.2) is 24.4 Å². The van der Waals surface area contributed by atoms with Gasteiger partial charge in [0.2, 0.25) is 17.6 Å². The van der Waals surface area contributed by atoms with Crippen molar-refractivity contribution in [2.24, 2.45) is 5.84 Å². The lowest BCUT2D eigenvalue weighted by molar-refractivity contribution is -0.385. The van der Waals surface area contributed by atoms with Crippen molar-refractivity contribution in [2.75, 3.05) is 5.43 Å². The van der Waals surface area contributed by atoms with E-state index in [4.69, 9.17) is 10.6 Å². The van der Waals surface area contributed by atoms with Gasteiger partial charge in [0.15, 0.2) is 0 Å². The second-order valence-electron chi connectivity index (χ2n) is 3.80. The quantitative estimate of drug-likeness (QED) is 0.498. The van der Waals surface area contributed by atoms with Crippen LogP contribution >= 0.6 is 0 Å². The first-order valence-corrected chi connectivity index (χ1v) is 5.43. The zero-order valence-corrected chi connectivity index (χ0v) is 10.3. The Morgan fingerprint density at radius 2 is 2.25 bits per heavy atom. The number of nitrogens with two attached hydrogens (primary N) is 1. The van der Waals surface area contributed by atoms with Crippen LogP contribution in [0.25, 0.3) is 0 Å². The standard InChI is InChI=1S/C11H10FN5O3/c1-6-5-14-11(16-13)15-10(6)20-9-4-7(12)2-3-8(9)17(18)19/h2-5H,13H2,1H3,(H,14,15,16). The van der Waals surface area contributed by atoms with E-state index in [1.165, 1.54) is 6.20 Å². The van der Waals surface area contributed by atoms with E-state index in [0.29, 0.717) is 5.56 Å². The third-order valence-electron chi connectivity index (χ3n) is 2.38. The molecule has 0 fully saturated rings. The number of nitrogen functional groups attached to an aromatic ring is 1. The van der Waals surface area contributed by atoms with Gasteiger partial charge in [0.1, 0.15) is 5.82 Å². The lowest BCUT2D eigenvalue weighted by Gasteiger charge is -2.08. The molecular weight excluding hydrogens is 269 g/mol. The SMILES string of the molecule is Cc1cnc(NN)nc1Oc1cc(F)ccc1[N+](=O)[O-]. The van der Waals surface area contributed by atoms with E-state index < -0.39 is 10.7 Å². The van der Waals surface area contributed by atoms with Gasteiger partial charge in [0.25, 0.3) is 0 Å². The Morgan fingerprint density at radius 1 is 1.50 bits per heavy atom. The van der Waals surface area contributed by atoms with E-state index in [1.807, 2.05) is 0 Å². The van der Waals surface area contributed by atoms with Gasteiger partial charge in [0.05, 0.1) is 4.92 Å². The summed E-state index contributed by atoms with van der Waals surface area (Å²) in [7, 11) is 0. The molecule has 3 N–H and O–H groups in total. The van der Waals surface area contributed by atoms with Crippen LogP contribution in [0.1, 0.15) is 5.56 Å². The number of rotatable bonds is 4. The average Bonchev–Trinajstić information content (AvgIpc) is 2.41. The summed E-state index contributed by atoms with van der Waals surface area (Å²) in [6.45, 7) is 1.64. The van der Waals surface area contributed by atoms with Gasteiger partial charge in [-0.3, -0.25) is 15.5 Å². The van der Waals surface area contributed by atoms with Crippen molar-refractivity contribution in [1.82, 2.24) is 9.97 Å². The van der Waals surface area contributed by atoms with Gasteiger partial charge in [-0.2, -0.15) is 4.98 Å². The molecule has 1 heterocycles. The number of hydrogen-bond acceptors (Lipinski definition) is 7. The van der Waals surface area contributed by atoms with Gasteiger partial charge < -0.3 is 4.74 Å². The second kappa shape index (κ2) is 5.45. The summed E-state index contributed by atoms with van der Waals surface area (Å²) in [5.74, 6) is 4.37. The number of halogens is 1. The van der Waals surface area contributed by atoms with Gasteiger partial charge in [-0.1, -0.05) is 0 Å². The number of anilines is 1. The molecular formula is C11H10FN5O3.